The molecule has 3 heteroatoms. The molecule has 0 bridgehead atoms. The van der Waals surface area contributed by atoms with Crippen molar-refractivity contribution in [1.29, 1.82) is 0 Å². The van der Waals surface area contributed by atoms with Crippen molar-refractivity contribution < 1.29 is 5.11 Å². The highest BCUT2D eigenvalue weighted by Crippen LogP contribution is 2.35. The van der Waals surface area contributed by atoms with Crippen molar-refractivity contribution in [1.82, 2.24) is 4.98 Å². The van der Waals surface area contributed by atoms with Crippen molar-refractivity contribution in [3.8, 4) is 0 Å². The highest BCUT2D eigenvalue weighted by molar-refractivity contribution is 5.30. The number of fused-ring (bicyclic) bond motifs is 1. The second-order valence-electron chi connectivity index (χ2n) is 4.15. The van der Waals surface area contributed by atoms with E-state index in [9.17, 15) is 5.11 Å². The average molecular weight is 192 g/mol. The average Bonchev–Trinajstić information content (AvgIpc) is 2.24. The van der Waals surface area contributed by atoms with E-state index in [4.69, 9.17) is 5.73 Å². The van der Waals surface area contributed by atoms with Crippen molar-refractivity contribution in [2.45, 2.75) is 25.3 Å². The van der Waals surface area contributed by atoms with Gasteiger partial charge in [-0.1, -0.05) is 13.0 Å². The second kappa shape index (κ2) is 3.33. The van der Waals surface area contributed by atoms with E-state index in [1.807, 2.05) is 12.1 Å². The molecule has 1 aromatic rings. The molecule has 2 unspecified atom stereocenters. The second-order valence-corrected chi connectivity index (χ2v) is 4.15. The summed E-state index contributed by atoms with van der Waals surface area (Å²) >= 11 is 0. The van der Waals surface area contributed by atoms with E-state index in [0.717, 1.165) is 18.5 Å². The van der Waals surface area contributed by atoms with Crippen LogP contribution in [0.2, 0.25) is 0 Å². The highest BCUT2D eigenvalue weighted by Gasteiger charge is 2.39. The van der Waals surface area contributed by atoms with Gasteiger partial charge >= 0.3 is 0 Å². The molecule has 0 fully saturated rings. The van der Waals surface area contributed by atoms with Crippen LogP contribution >= 0.6 is 0 Å². The predicted octanol–water partition coefficient (Wildman–Crippen LogP) is 0.810. The van der Waals surface area contributed by atoms with Gasteiger partial charge in [-0.3, -0.25) is 4.98 Å². The molecule has 1 aliphatic rings. The number of aliphatic hydroxyl groups is 1. The normalized spacial score (nSPS) is 31.2. The topological polar surface area (TPSA) is 59.1 Å². The number of hydrogen-bond donors (Lipinski definition) is 2. The fourth-order valence-electron chi connectivity index (χ4n) is 2.15. The SMILES string of the molecule is CC1CCc2cccnc2C1(N)CO. The lowest BCUT2D eigenvalue weighted by molar-refractivity contribution is 0.129. The molecular formula is C11H16N2O. The lowest BCUT2D eigenvalue weighted by atomic mass is 9.73. The molecule has 14 heavy (non-hydrogen) atoms. The van der Waals surface area contributed by atoms with Crippen LogP contribution in [-0.4, -0.2) is 16.7 Å². The van der Waals surface area contributed by atoms with Crippen LogP contribution in [0.15, 0.2) is 18.3 Å². The third kappa shape index (κ3) is 1.24. The number of nitrogens with zero attached hydrogens (tertiary/aromatic N) is 1. The van der Waals surface area contributed by atoms with Crippen LogP contribution in [-0.2, 0) is 12.0 Å². The summed E-state index contributed by atoms with van der Waals surface area (Å²) < 4.78 is 0. The summed E-state index contributed by atoms with van der Waals surface area (Å²) in [6, 6.07) is 3.97. The van der Waals surface area contributed by atoms with Gasteiger partial charge in [-0.2, -0.15) is 0 Å². The number of nitrogens with two attached hydrogens (primary N) is 1. The van der Waals surface area contributed by atoms with Crippen LogP contribution in [0.4, 0.5) is 0 Å². The molecule has 2 atom stereocenters. The Bertz CT molecular complexity index is 340. The summed E-state index contributed by atoms with van der Waals surface area (Å²) in [7, 11) is 0. The Morgan fingerprint density at radius 2 is 2.50 bits per heavy atom. The van der Waals surface area contributed by atoms with Crippen LogP contribution < -0.4 is 5.73 Å². The quantitative estimate of drug-likeness (QED) is 0.692. The highest BCUT2D eigenvalue weighted by atomic mass is 16.3. The first-order valence-electron chi connectivity index (χ1n) is 5.02. The van der Waals surface area contributed by atoms with Crippen LogP contribution in [0, 0.1) is 5.92 Å². The van der Waals surface area contributed by atoms with Crippen LogP contribution in [0.5, 0.6) is 0 Å². The Balaban J connectivity index is 2.52. The Labute approximate surface area is 84.0 Å². The summed E-state index contributed by atoms with van der Waals surface area (Å²) in [5.41, 5.74) is 7.62. The molecule has 0 saturated heterocycles. The molecular weight excluding hydrogens is 176 g/mol. The molecule has 3 nitrogen and oxygen atoms in total. The Morgan fingerprint density at radius 1 is 1.71 bits per heavy atom. The number of aromatic nitrogens is 1. The number of rotatable bonds is 1. The number of aliphatic hydroxyl groups excluding tert-OH is 1. The zero-order valence-corrected chi connectivity index (χ0v) is 8.40. The summed E-state index contributed by atoms with van der Waals surface area (Å²) in [4.78, 5) is 4.31. The standard InChI is InChI=1S/C11H16N2O/c1-8-4-5-9-3-2-6-13-10(9)11(8,12)7-14/h2-3,6,8,14H,4-5,7,12H2,1H3. The largest absolute Gasteiger partial charge is 0.394 e. The van der Waals surface area contributed by atoms with E-state index in [0.29, 0.717) is 0 Å². The van der Waals surface area contributed by atoms with E-state index < -0.39 is 5.54 Å². The molecule has 1 aromatic heterocycles. The first-order valence-corrected chi connectivity index (χ1v) is 5.02. The third-order valence-corrected chi connectivity index (χ3v) is 3.32. The maximum Gasteiger partial charge on any atom is 0.0846 e. The van der Waals surface area contributed by atoms with Crippen molar-refractivity contribution in [2.24, 2.45) is 11.7 Å². The van der Waals surface area contributed by atoms with Crippen molar-refractivity contribution >= 4 is 0 Å². The molecule has 0 spiro atoms. The van der Waals surface area contributed by atoms with Crippen LogP contribution in [0.1, 0.15) is 24.6 Å². The maximum absolute atomic E-state index is 9.40. The zero-order valence-electron chi connectivity index (χ0n) is 8.40. The minimum atomic E-state index is -0.644. The van der Waals surface area contributed by atoms with Gasteiger partial charge in [0.05, 0.1) is 17.8 Å². The molecule has 0 radical (unpaired) electrons. The van der Waals surface area contributed by atoms with Gasteiger partial charge in [0.25, 0.3) is 0 Å². The van der Waals surface area contributed by atoms with Gasteiger partial charge in [0.15, 0.2) is 0 Å². The van der Waals surface area contributed by atoms with Gasteiger partial charge in [-0.15, -0.1) is 0 Å². The summed E-state index contributed by atoms with van der Waals surface area (Å²) in [5.74, 6) is 0.287. The van der Waals surface area contributed by atoms with E-state index in [1.54, 1.807) is 6.20 Å². The van der Waals surface area contributed by atoms with Crippen LogP contribution in [0.3, 0.4) is 0 Å². The van der Waals surface area contributed by atoms with E-state index in [2.05, 4.69) is 11.9 Å². The third-order valence-electron chi connectivity index (χ3n) is 3.32. The van der Waals surface area contributed by atoms with Gasteiger partial charge < -0.3 is 10.8 Å². The summed E-state index contributed by atoms with van der Waals surface area (Å²) in [5, 5.41) is 9.40. The molecule has 1 aliphatic carbocycles. The number of hydrogen-bond acceptors (Lipinski definition) is 3. The fraction of sp³-hybridized carbons (Fsp3) is 0.545. The van der Waals surface area contributed by atoms with Crippen molar-refractivity contribution in [3.63, 3.8) is 0 Å². The van der Waals surface area contributed by atoms with Gasteiger partial charge in [0, 0.05) is 6.20 Å². The minimum absolute atomic E-state index is 0.0296. The van der Waals surface area contributed by atoms with E-state index >= 15 is 0 Å². The predicted molar refractivity (Wildman–Crippen MR) is 54.7 cm³/mol. The van der Waals surface area contributed by atoms with Gasteiger partial charge in [-0.25, -0.2) is 0 Å². The smallest absolute Gasteiger partial charge is 0.0846 e. The summed E-state index contributed by atoms with van der Waals surface area (Å²) in [6.07, 6.45) is 3.78. The monoisotopic (exact) mass is 192 g/mol. The lowest BCUT2D eigenvalue weighted by Gasteiger charge is -2.38. The Kier molecular flexibility index (Phi) is 2.29. The first-order chi connectivity index (χ1) is 6.68. The summed E-state index contributed by atoms with van der Waals surface area (Å²) in [6.45, 7) is 2.05. The maximum atomic E-state index is 9.40. The van der Waals surface area contributed by atoms with E-state index in [1.165, 1.54) is 5.56 Å². The van der Waals surface area contributed by atoms with Crippen LogP contribution in [0.25, 0.3) is 0 Å². The van der Waals surface area contributed by atoms with Gasteiger partial charge in [0.2, 0.25) is 0 Å². The zero-order chi connectivity index (χ0) is 10.2. The van der Waals surface area contributed by atoms with E-state index in [-0.39, 0.29) is 12.5 Å². The van der Waals surface area contributed by atoms with Crippen molar-refractivity contribution in [3.05, 3.63) is 29.6 Å². The molecule has 0 aliphatic heterocycles. The van der Waals surface area contributed by atoms with Gasteiger partial charge in [0.1, 0.15) is 0 Å². The first kappa shape index (κ1) is 9.62. The molecule has 0 aromatic carbocycles. The Morgan fingerprint density at radius 3 is 3.21 bits per heavy atom. The fourth-order valence-corrected chi connectivity index (χ4v) is 2.15. The molecule has 2 rings (SSSR count). The molecule has 1 heterocycles. The lowest BCUT2D eigenvalue weighted by Crippen LogP contribution is -2.50. The molecule has 3 N–H and O–H groups in total. The number of pyridine rings is 1. The molecule has 76 valence electrons. The van der Waals surface area contributed by atoms with Crippen molar-refractivity contribution in [2.75, 3.05) is 6.61 Å². The minimum Gasteiger partial charge on any atom is -0.394 e. The Hall–Kier alpha value is -0.930. The molecule has 0 amide bonds. The van der Waals surface area contributed by atoms with Gasteiger partial charge in [-0.05, 0) is 30.4 Å². The molecule has 0 saturated carbocycles. The number of aryl methyl sites for hydroxylation is 1.